The van der Waals surface area contributed by atoms with Crippen LogP contribution in [0.5, 0.6) is 0 Å². The van der Waals surface area contributed by atoms with Crippen molar-refractivity contribution in [1.29, 1.82) is 0 Å². The second kappa shape index (κ2) is 4.63. The summed E-state index contributed by atoms with van der Waals surface area (Å²) in [6.45, 7) is 9.15. The van der Waals surface area contributed by atoms with E-state index in [0.29, 0.717) is 0 Å². The van der Waals surface area contributed by atoms with Gasteiger partial charge in [-0.1, -0.05) is 18.2 Å². The van der Waals surface area contributed by atoms with Gasteiger partial charge in [0.15, 0.2) is 0 Å². The Hall–Kier alpha value is -1.51. The van der Waals surface area contributed by atoms with Crippen molar-refractivity contribution in [3.63, 3.8) is 0 Å². The summed E-state index contributed by atoms with van der Waals surface area (Å²) in [5.41, 5.74) is 3.82. The van der Waals surface area contributed by atoms with Crippen molar-refractivity contribution < 1.29 is 4.79 Å². The second-order valence-corrected chi connectivity index (χ2v) is 5.50. The normalized spacial score (nSPS) is 20.1. The molecule has 1 saturated heterocycles. The van der Waals surface area contributed by atoms with E-state index in [0.717, 1.165) is 6.54 Å². The molecular formula is C15H22N2O. The molecule has 1 heterocycles. The van der Waals surface area contributed by atoms with Crippen LogP contribution in [0, 0.1) is 13.8 Å². The summed E-state index contributed by atoms with van der Waals surface area (Å²) in [4.78, 5) is 15.9. The highest BCUT2D eigenvalue weighted by atomic mass is 16.2. The number of carbonyl (C=O) groups is 1. The van der Waals surface area contributed by atoms with E-state index in [1.165, 1.54) is 16.7 Å². The standard InChI is InChI=1S/C15H22N2O/c1-10(2)17-9-14(16(5)15(17)18)13-7-6-11(3)12(4)8-13/h6-8,10,14H,9H2,1-5H3. The average molecular weight is 246 g/mol. The molecule has 2 amide bonds. The van der Waals surface area contributed by atoms with Crippen molar-refractivity contribution in [3.05, 3.63) is 34.9 Å². The lowest BCUT2D eigenvalue weighted by atomic mass is 10.0. The maximum absolute atomic E-state index is 12.1. The highest BCUT2D eigenvalue weighted by Gasteiger charge is 2.36. The van der Waals surface area contributed by atoms with Gasteiger partial charge in [-0.15, -0.1) is 0 Å². The molecule has 3 nitrogen and oxygen atoms in total. The lowest BCUT2D eigenvalue weighted by Crippen LogP contribution is -2.34. The molecule has 1 atom stereocenters. The van der Waals surface area contributed by atoms with Gasteiger partial charge in [0.05, 0.1) is 6.04 Å². The average Bonchev–Trinajstić information content (AvgIpc) is 2.60. The minimum Gasteiger partial charge on any atom is -0.320 e. The smallest absolute Gasteiger partial charge is 0.320 e. The lowest BCUT2D eigenvalue weighted by molar-refractivity contribution is 0.187. The zero-order valence-electron chi connectivity index (χ0n) is 11.9. The summed E-state index contributed by atoms with van der Waals surface area (Å²) in [6, 6.07) is 7.05. The zero-order valence-corrected chi connectivity index (χ0v) is 11.9. The third kappa shape index (κ3) is 2.09. The van der Waals surface area contributed by atoms with Gasteiger partial charge in [-0.3, -0.25) is 0 Å². The van der Waals surface area contributed by atoms with Crippen LogP contribution in [-0.2, 0) is 0 Å². The van der Waals surface area contributed by atoms with Gasteiger partial charge in [-0.05, 0) is 44.4 Å². The fourth-order valence-corrected chi connectivity index (χ4v) is 2.46. The van der Waals surface area contributed by atoms with Crippen LogP contribution in [0.2, 0.25) is 0 Å². The molecule has 1 aliphatic heterocycles. The van der Waals surface area contributed by atoms with Crippen LogP contribution in [0.25, 0.3) is 0 Å². The van der Waals surface area contributed by atoms with Gasteiger partial charge in [0.25, 0.3) is 0 Å². The monoisotopic (exact) mass is 246 g/mol. The maximum Gasteiger partial charge on any atom is 0.320 e. The van der Waals surface area contributed by atoms with Gasteiger partial charge in [0.2, 0.25) is 0 Å². The zero-order chi connectivity index (χ0) is 13.4. The fraction of sp³-hybridized carbons (Fsp3) is 0.533. The topological polar surface area (TPSA) is 23.6 Å². The minimum atomic E-state index is 0.133. The van der Waals surface area contributed by atoms with Crippen molar-refractivity contribution >= 4 is 6.03 Å². The van der Waals surface area contributed by atoms with Gasteiger partial charge < -0.3 is 9.80 Å². The van der Waals surface area contributed by atoms with E-state index in [1.54, 1.807) is 0 Å². The third-order valence-electron chi connectivity index (χ3n) is 3.92. The number of carbonyl (C=O) groups excluding carboxylic acids is 1. The van der Waals surface area contributed by atoms with Crippen LogP contribution in [0.3, 0.4) is 0 Å². The van der Waals surface area contributed by atoms with Gasteiger partial charge in [-0.25, -0.2) is 4.79 Å². The maximum atomic E-state index is 12.1. The summed E-state index contributed by atoms with van der Waals surface area (Å²) < 4.78 is 0. The Balaban J connectivity index is 2.29. The quantitative estimate of drug-likeness (QED) is 0.786. The first-order valence-electron chi connectivity index (χ1n) is 6.52. The molecule has 0 spiro atoms. The molecule has 1 aromatic rings. The molecule has 0 N–H and O–H groups in total. The summed E-state index contributed by atoms with van der Waals surface area (Å²) >= 11 is 0. The van der Waals surface area contributed by atoms with E-state index in [4.69, 9.17) is 0 Å². The molecule has 0 saturated carbocycles. The van der Waals surface area contributed by atoms with Crippen LogP contribution in [0.4, 0.5) is 4.79 Å². The Bertz CT molecular complexity index is 468. The van der Waals surface area contributed by atoms with E-state index in [2.05, 4.69) is 45.9 Å². The SMILES string of the molecule is Cc1ccc(C2CN(C(C)C)C(=O)N2C)cc1C. The van der Waals surface area contributed by atoms with Gasteiger partial charge in [-0.2, -0.15) is 0 Å². The molecule has 18 heavy (non-hydrogen) atoms. The molecule has 1 aliphatic rings. The number of benzene rings is 1. The molecule has 3 heteroatoms. The van der Waals surface area contributed by atoms with Crippen molar-refractivity contribution in [3.8, 4) is 0 Å². The van der Waals surface area contributed by atoms with Crippen LogP contribution in [-0.4, -0.2) is 35.5 Å². The van der Waals surface area contributed by atoms with Crippen LogP contribution < -0.4 is 0 Å². The Morgan fingerprint density at radius 2 is 1.89 bits per heavy atom. The van der Waals surface area contributed by atoms with E-state index in [-0.39, 0.29) is 18.1 Å². The molecule has 98 valence electrons. The molecule has 0 aromatic heterocycles. The number of hydrogen-bond acceptors (Lipinski definition) is 1. The molecule has 1 fully saturated rings. The van der Waals surface area contributed by atoms with Gasteiger partial charge in [0.1, 0.15) is 0 Å². The molecular weight excluding hydrogens is 224 g/mol. The van der Waals surface area contributed by atoms with Crippen molar-refractivity contribution in [2.24, 2.45) is 0 Å². The predicted molar refractivity (Wildman–Crippen MR) is 73.7 cm³/mol. The molecule has 0 aliphatic carbocycles. The van der Waals surface area contributed by atoms with E-state index in [9.17, 15) is 4.79 Å². The highest BCUT2D eigenvalue weighted by molar-refractivity contribution is 5.77. The van der Waals surface area contributed by atoms with Crippen molar-refractivity contribution in [2.75, 3.05) is 13.6 Å². The van der Waals surface area contributed by atoms with E-state index >= 15 is 0 Å². The molecule has 1 aromatic carbocycles. The number of aryl methyl sites for hydroxylation is 2. The Morgan fingerprint density at radius 1 is 1.22 bits per heavy atom. The van der Waals surface area contributed by atoms with Crippen LogP contribution in [0.1, 0.15) is 36.6 Å². The second-order valence-electron chi connectivity index (χ2n) is 5.50. The number of nitrogens with zero attached hydrogens (tertiary/aromatic N) is 2. The molecule has 0 bridgehead atoms. The van der Waals surface area contributed by atoms with Crippen molar-refractivity contribution in [2.45, 2.75) is 39.8 Å². The number of rotatable bonds is 2. The predicted octanol–water partition coefficient (Wildman–Crippen LogP) is 3.12. The largest absolute Gasteiger partial charge is 0.320 e. The van der Waals surface area contributed by atoms with Crippen molar-refractivity contribution in [1.82, 2.24) is 9.80 Å². The summed E-state index contributed by atoms with van der Waals surface area (Å²) in [5.74, 6) is 0. The van der Waals surface area contributed by atoms with Crippen LogP contribution >= 0.6 is 0 Å². The van der Waals surface area contributed by atoms with E-state index < -0.39 is 0 Å². The first kappa shape index (κ1) is 12.9. The molecule has 1 unspecified atom stereocenters. The lowest BCUT2D eigenvalue weighted by Gasteiger charge is -2.19. The number of hydrogen-bond donors (Lipinski definition) is 0. The molecule has 0 radical (unpaired) electrons. The number of urea groups is 1. The number of amides is 2. The van der Waals surface area contributed by atoms with Crippen LogP contribution in [0.15, 0.2) is 18.2 Å². The first-order valence-corrected chi connectivity index (χ1v) is 6.52. The molecule has 2 rings (SSSR count). The summed E-state index contributed by atoms with van der Waals surface area (Å²) in [6.07, 6.45) is 0. The Labute approximate surface area is 109 Å². The highest BCUT2D eigenvalue weighted by Crippen LogP contribution is 2.30. The summed E-state index contributed by atoms with van der Waals surface area (Å²) in [7, 11) is 1.89. The summed E-state index contributed by atoms with van der Waals surface area (Å²) in [5, 5.41) is 0. The first-order chi connectivity index (χ1) is 8.41. The van der Waals surface area contributed by atoms with E-state index in [1.807, 2.05) is 16.8 Å². The third-order valence-corrected chi connectivity index (χ3v) is 3.92. The number of likely N-dealkylation sites (N-methyl/N-ethyl adjacent to an activating group) is 1. The fourth-order valence-electron chi connectivity index (χ4n) is 2.46. The Morgan fingerprint density at radius 3 is 2.39 bits per heavy atom. The van der Waals surface area contributed by atoms with Gasteiger partial charge >= 0.3 is 6.03 Å². The minimum absolute atomic E-state index is 0.133. The van der Waals surface area contributed by atoms with Gasteiger partial charge in [0, 0.05) is 19.6 Å². The Kier molecular flexibility index (Phi) is 3.33.